The van der Waals surface area contributed by atoms with E-state index in [1.807, 2.05) is 63.2 Å². The number of para-hydroxylation sites is 1. The van der Waals surface area contributed by atoms with Crippen LogP contribution in [0.1, 0.15) is 25.0 Å². The van der Waals surface area contributed by atoms with Gasteiger partial charge in [-0.05, 0) is 48.7 Å². The Labute approximate surface area is 171 Å². The standard InChI is InChI=1S/C21H21N3O3.C2H6/c1-13-5-4-6-18(27-3)20(13)22-19-12-17-16-8-7-15(26-2)11-14(16)9-10-24(17)21(25)23-19;1-2/h4-8,11-12H,9-10H2,1-3H3,(H,22,23,25);1-2H3. The first-order valence-corrected chi connectivity index (χ1v) is 9.80. The summed E-state index contributed by atoms with van der Waals surface area (Å²) in [5.74, 6) is 2.03. The van der Waals surface area contributed by atoms with Gasteiger partial charge >= 0.3 is 5.69 Å². The van der Waals surface area contributed by atoms with Crippen LogP contribution < -0.4 is 20.5 Å². The van der Waals surface area contributed by atoms with E-state index in [2.05, 4.69) is 10.3 Å². The summed E-state index contributed by atoms with van der Waals surface area (Å²) in [5.41, 5.74) is 4.61. The molecule has 0 aliphatic carbocycles. The average molecular weight is 393 g/mol. The summed E-state index contributed by atoms with van der Waals surface area (Å²) in [4.78, 5) is 16.8. The van der Waals surface area contributed by atoms with Gasteiger partial charge in [0.15, 0.2) is 0 Å². The predicted octanol–water partition coefficient (Wildman–Crippen LogP) is 4.56. The number of anilines is 2. The maximum Gasteiger partial charge on any atom is 0.350 e. The highest BCUT2D eigenvalue weighted by molar-refractivity contribution is 5.73. The van der Waals surface area contributed by atoms with Crippen molar-refractivity contribution < 1.29 is 9.47 Å². The molecule has 6 heteroatoms. The monoisotopic (exact) mass is 393 g/mol. The quantitative estimate of drug-likeness (QED) is 0.704. The van der Waals surface area contributed by atoms with Crippen molar-refractivity contribution in [3.63, 3.8) is 0 Å². The Morgan fingerprint density at radius 2 is 1.86 bits per heavy atom. The number of benzene rings is 2. The molecular formula is C23H27N3O3. The molecule has 4 rings (SSSR count). The molecule has 0 bridgehead atoms. The summed E-state index contributed by atoms with van der Waals surface area (Å²) < 4.78 is 12.5. The summed E-state index contributed by atoms with van der Waals surface area (Å²) in [6.45, 7) is 6.59. The lowest BCUT2D eigenvalue weighted by Crippen LogP contribution is -2.28. The molecule has 2 heterocycles. The third-order valence-corrected chi connectivity index (χ3v) is 4.91. The van der Waals surface area contributed by atoms with Gasteiger partial charge in [0.05, 0.1) is 25.6 Å². The van der Waals surface area contributed by atoms with E-state index in [4.69, 9.17) is 9.47 Å². The van der Waals surface area contributed by atoms with E-state index in [1.165, 1.54) is 5.56 Å². The molecule has 0 unspecified atom stereocenters. The number of rotatable bonds is 4. The van der Waals surface area contributed by atoms with Gasteiger partial charge in [0.25, 0.3) is 0 Å². The Hall–Kier alpha value is -3.28. The Balaban J connectivity index is 0.00000117. The van der Waals surface area contributed by atoms with Crippen LogP contribution in [-0.4, -0.2) is 23.8 Å². The van der Waals surface area contributed by atoms with Gasteiger partial charge in [-0.2, -0.15) is 4.98 Å². The number of nitrogens with zero attached hydrogens (tertiary/aromatic N) is 2. The first-order valence-electron chi connectivity index (χ1n) is 9.80. The van der Waals surface area contributed by atoms with Crippen LogP contribution >= 0.6 is 0 Å². The molecule has 29 heavy (non-hydrogen) atoms. The second-order valence-electron chi connectivity index (χ2n) is 6.51. The van der Waals surface area contributed by atoms with E-state index in [0.29, 0.717) is 18.1 Å². The van der Waals surface area contributed by atoms with Crippen molar-refractivity contribution in [3.05, 3.63) is 64.1 Å². The number of aromatic nitrogens is 2. The summed E-state index contributed by atoms with van der Waals surface area (Å²) in [6.07, 6.45) is 0.777. The highest BCUT2D eigenvalue weighted by atomic mass is 16.5. The second-order valence-corrected chi connectivity index (χ2v) is 6.51. The van der Waals surface area contributed by atoms with Crippen molar-refractivity contribution in [1.82, 2.24) is 9.55 Å². The smallest absolute Gasteiger partial charge is 0.350 e. The van der Waals surface area contributed by atoms with Crippen molar-refractivity contribution in [1.29, 1.82) is 0 Å². The first-order chi connectivity index (χ1) is 14.1. The highest BCUT2D eigenvalue weighted by Gasteiger charge is 2.19. The number of hydrogen-bond donors (Lipinski definition) is 1. The maximum absolute atomic E-state index is 12.6. The largest absolute Gasteiger partial charge is 0.497 e. The lowest BCUT2D eigenvalue weighted by molar-refractivity contribution is 0.414. The van der Waals surface area contributed by atoms with Crippen molar-refractivity contribution in [2.75, 3.05) is 19.5 Å². The molecule has 1 aliphatic rings. The third kappa shape index (κ3) is 3.97. The van der Waals surface area contributed by atoms with Crippen LogP contribution in [0.4, 0.5) is 11.5 Å². The summed E-state index contributed by atoms with van der Waals surface area (Å²) in [7, 11) is 3.28. The van der Waals surface area contributed by atoms with E-state index in [0.717, 1.165) is 34.7 Å². The fourth-order valence-electron chi connectivity index (χ4n) is 3.49. The molecule has 152 valence electrons. The van der Waals surface area contributed by atoms with Gasteiger partial charge in [-0.1, -0.05) is 26.0 Å². The molecule has 0 saturated carbocycles. The van der Waals surface area contributed by atoms with Gasteiger partial charge in [0, 0.05) is 18.2 Å². The van der Waals surface area contributed by atoms with Gasteiger partial charge < -0.3 is 14.8 Å². The molecule has 0 fully saturated rings. The highest BCUT2D eigenvalue weighted by Crippen LogP contribution is 2.34. The van der Waals surface area contributed by atoms with Gasteiger partial charge in [-0.3, -0.25) is 4.57 Å². The number of ether oxygens (including phenoxy) is 2. The molecule has 3 aromatic rings. The van der Waals surface area contributed by atoms with Gasteiger partial charge in [-0.25, -0.2) is 4.79 Å². The van der Waals surface area contributed by atoms with E-state index >= 15 is 0 Å². The number of fused-ring (bicyclic) bond motifs is 3. The summed E-state index contributed by atoms with van der Waals surface area (Å²) in [5, 5.41) is 3.26. The van der Waals surface area contributed by atoms with Crippen molar-refractivity contribution in [2.45, 2.75) is 33.7 Å². The number of aryl methyl sites for hydroxylation is 2. The molecule has 6 nitrogen and oxygen atoms in total. The Kier molecular flexibility index (Phi) is 6.22. The molecule has 0 spiro atoms. The molecular weight excluding hydrogens is 366 g/mol. The predicted molar refractivity (Wildman–Crippen MR) is 117 cm³/mol. The molecule has 1 N–H and O–H groups in total. The molecule has 0 saturated heterocycles. The topological polar surface area (TPSA) is 65.4 Å². The summed E-state index contributed by atoms with van der Waals surface area (Å²) >= 11 is 0. The fraction of sp³-hybridized carbons (Fsp3) is 0.304. The zero-order valence-corrected chi connectivity index (χ0v) is 17.6. The summed E-state index contributed by atoms with van der Waals surface area (Å²) in [6, 6.07) is 13.6. The van der Waals surface area contributed by atoms with Crippen molar-refractivity contribution >= 4 is 11.5 Å². The minimum Gasteiger partial charge on any atom is -0.497 e. The van der Waals surface area contributed by atoms with Crippen LogP contribution in [0, 0.1) is 6.92 Å². The van der Waals surface area contributed by atoms with Crippen LogP contribution in [0.2, 0.25) is 0 Å². The first kappa shape index (κ1) is 20.5. The lowest BCUT2D eigenvalue weighted by atomic mass is 9.97. The van der Waals surface area contributed by atoms with Gasteiger partial charge in [0.1, 0.15) is 17.3 Å². The molecule has 0 atom stereocenters. The zero-order valence-electron chi connectivity index (χ0n) is 17.6. The van der Waals surface area contributed by atoms with E-state index in [-0.39, 0.29) is 5.69 Å². The molecule has 2 aromatic carbocycles. The Bertz CT molecular complexity index is 1070. The third-order valence-electron chi connectivity index (χ3n) is 4.91. The minimum atomic E-state index is -0.260. The van der Waals surface area contributed by atoms with E-state index in [1.54, 1.807) is 18.8 Å². The fourth-order valence-corrected chi connectivity index (χ4v) is 3.49. The Morgan fingerprint density at radius 3 is 2.59 bits per heavy atom. The normalized spacial score (nSPS) is 11.5. The molecule has 1 aromatic heterocycles. The maximum atomic E-state index is 12.6. The number of nitrogens with one attached hydrogen (secondary N) is 1. The number of methoxy groups -OCH3 is 2. The molecule has 0 radical (unpaired) electrons. The zero-order chi connectivity index (χ0) is 21.0. The van der Waals surface area contributed by atoms with Crippen LogP contribution in [0.15, 0.2) is 47.3 Å². The van der Waals surface area contributed by atoms with Crippen molar-refractivity contribution in [3.8, 4) is 22.8 Å². The lowest BCUT2D eigenvalue weighted by Gasteiger charge is -2.22. The van der Waals surface area contributed by atoms with E-state index in [9.17, 15) is 4.79 Å². The Morgan fingerprint density at radius 1 is 1.07 bits per heavy atom. The van der Waals surface area contributed by atoms with Crippen molar-refractivity contribution in [2.24, 2.45) is 0 Å². The average Bonchev–Trinajstić information content (AvgIpc) is 2.76. The van der Waals surface area contributed by atoms with E-state index < -0.39 is 0 Å². The van der Waals surface area contributed by atoms with Crippen LogP contribution in [0.3, 0.4) is 0 Å². The van der Waals surface area contributed by atoms with Crippen LogP contribution in [0.25, 0.3) is 11.3 Å². The van der Waals surface area contributed by atoms with Gasteiger partial charge in [-0.15, -0.1) is 0 Å². The molecule has 0 amide bonds. The SMILES string of the molecule is CC.COc1ccc2c(c1)CCn1c-2cc(Nc2c(C)cccc2OC)nc1=O. The van der Waals surface area contributed by atoms with Gasteiger partial charge in [0.2, 0.25) is 0 Å². The number of hydrogen-bond acceptors (Lipinski definition) is 5. The second kappa shape index (κ2) is 8.82. The van der Waals surface area contributed by atoms with Crippen LogP contribution in [0.5, 0.6) is 11.5 Å². The molecule has 1 aliphatic heterocycles. The minimum absolute atomic E-state index is 0.260. The van der Waals surface area contributed by atoms with Crippen LogP contribution in [-0.2, 0) is 13.0 Å².